The van der Waals surface area contributed by atoms with Crippen molar-refractivity contribution in [3.05, 3.63) is 77.1 Å². The van der Waals surface area contributed by atoms with Crippen molar-refractivity contribution in [1.82, 2.24) is 14.7 Å². The lowest BCUT2D eigenvalue weighted by molar-refractivity contribution is 0.0745. The number of carbonyl (C=O) groups is 1. The quantitative estimate of drug-likeness (QED) is 0.701. The molecule has 5 heteroatoms. The van der Waals surface area contributed by atoms with E-state index in [1.807, 2.05) is 53.8 Å². The maximum atomic E-state index is 13.2. The first kappa shape index (κ1) is 18.3. The summed E-state index contributed by atoms with van der Waals surface area (Å²) >= 11 is 0. The topological polar surface area (TPSA) is 41.4 Å². The van der Waals surface area contributed by atoms with Crippen LogP contribution in [0.4, 0.5) is 5.69 Å². The molecule has 0 N–H and O–H groups in total. The van der Waals surface area contributed by atoms with E-state index in [2.05, 4.69) is 41.2 Å². The van der Waals surface area contributed by atoms with E-state index in [1.165, 1.54) is 11.3 Å². The molecule has 5 nitrogen and oxygen atoms in total. The van der Waals surface area contributed by atoms with Crippen LogP contribution in [0, 0.1) is 20.8 Å². The van der Waals surface area contributed by atoms with Gasteiger partial charge in [0, 0.05) is 31.9 Å². The molecule has 0 saturated carbocycles. The zero-order valence-corrected chi connectivity index (χ0v) is 16.7. The monoisotopic (exact) mass is 374 g/mol. The Balaban J connectivity index is 1.51. The summed E-state index contributed by atoms with van der Waals surface area (Å²) in [6.07, 6.45) is 0. The highest BCUT2D eigenvalue weighted by Crippen LogP contribution is 2.22. The number of amides is 1. The Kier molecular flexibility index (Phi) is 4.90. The van der Waals surface area contributed by atoms with E-state index in [0.717, 1.165) is 48.8 Å². The number of piperazine rings is 1. The maximum absolute atomic E-state index is 13.2. The number of hydrogen-bond acceptors (Lipinski definition) is 3. The summed E-state index contributed by atoms with van der Waals surface area (Å²) in [6, 6.07) is 18.5. The number of hydrogen-bond donors (Lipinski definition) is 0. The largest absolute Gasteiger partial charge is 0.368 e. The van der Waals surface area contributed by atoms with E-state index in [4.69, 9.17) is 0 Å². The van der Waals surface area contributed by atoms with Crippen molar-refractivity contribution in [1.29, 1.82) is 0 Å². The molecule has 0 radical (unpaired) electrons. The highest BCUT2D eigenvalue weighted by atomic mass is 16.2. The molecule has 0 atom stereocenters. The van der Waals surface area contributed by atoms with E-state index >= 15 is 0 Å². The average molecular weight is 374 g/mol. The number of para-hydroxylation sites is 1. The second-order valence-corrected chi connectivity index (χ2v) is 7.41. The van der Waals surface area contributed by atoms with Crippen molar-refractivity contribution in [2.75, 3.05) is 31.1 Å². The Labute approximate surface area is 166 Å². The Bertz CT molecular complexity index is 985. The lowest BCUT2D eigenvalue weighted by Crippen LogP contribution is -2.49. The van der Waals surface area contributed by atoms with Crippen LogP contribution >= 0.6 is 0 Å². The maximum Gasteiger partial charge on any atom is 0.257 e. The highest BCUT2D eigenvalue weighted by Gasteiger charge is 2.27. The molecule has 2 heterocycles. The number of rotatable bonds is 3. The number of carbonyl (C=O) groups excluding carboxylic acids is 1. The second-order valence-electron chi connectivity index (χ2n) is 7.41. The summed E-state index contributed by atoms with van der Waals surface area (Å²) in [5.74, 6) is 0.0843. The van der Waals surface area contributed by atoms with Crippen molar-refractivity contribution < 1.29 is 4.79 Å². The summed E-state index contributed by atoms with van der Waals surface area (Å²) in [5, 5.41) is 4.63. The van der Waals surface area contributed by atoms with Gasteiger partial charge in [0.2, 0.25) is 0 Å². The first-order valence-corrected chi connectivity index (χ1v) is 9.77. The van der Waals surface area contributed by atoms with E-state index in [-0.39, 0.29) is 5.91 Å². The van der Waals surface area contributed by atoms with Gasteiger partial charge in [-0.2, -0.15) is 5.10 Å². The van der Waals surface area contributed by atoms with Gasteiger partial charge in [-0.05, 0) is 50.6 Å². The van der Waals surface area contributed by atoms with Crippen LogP contribution in [0.3, 0.4) is 0 Å². The standard InChI is InChI=1S/C23H26N4O/c1-17-8-7-11-21(16-17)25-12-14-26(15-13-25)23(28)22-18(2)24-27(19(22)3)20-9-5-4-6-10-20/h4-11,16H,12-15H2,1-3H3. The number of benzene rings is 2. The molecule has 1 amide bonds. The van der Waals surface area contributed by atoms with Crippen LogP contribution in [0.2, 0.25) is 0 Å². The molecule has 1 saturated heterocycles. The Morgan fingerprint density at radius 1 is 0.857 bits per heavy atom. The average Bonchev–Trinajstić information content (AvgIpc) is 3.02. The zero-order chi connectivity index (χ0) is 19.7. The number of nitrogens with zero attached hydrogens (tertiary/aromatic N) is 4. The molecule has 0 bridgehead atoms. The summed E-state index contributed by atoms with van der Waals surface area (Å²) in [6.45, 7) is 9.15. The first-order chi connectivity index (χ1) is 13.5. The molecule has 1 aliphatic rings. The third kappa shape index (κ3) is 3.40. The van der Waals surface area contributed by atoms with Gasteiger partial charge in [0.05, 0.1) is 22.6 Å². The van der Waals surface area contributed by atoms with Gasteiger partial charge in [-0.25, -0.2) is 4.68 Å². The van der Waals surface area contributed by atoms with Gasteiger partial charge in [-0.1, -0.05) is 30.3 Å². The Morgan fingerprint density at radius 3 is 2.21 bits per heavy atom. The van der Waals surface area contributed by atoms with Crippen molar-refractivity contribution in [2.45, 2.75) is 20.8 Å². The fourth-order valence-corrected chi connectivity index (χ4v) is 3.92. The van der Waals surface area contributed by atoms with Gasteiger partial charge >= 0.3 is 0 Å². The lowest BCUT2D eigenvalue weighted by atomic mass is 10.1. The van der Waals surface area contributed by atoms with Gasteiger partial charge in [-0.15, -0.1) is 0 Å². The summed E-state index contributed by atoms with van der Waals surface area (Å²) < 4.78 is 1.87. The van der Waals surface area contributed by atoms with Crippen LogP contribution in [0.5, 0.6) is 0 Å². The van der Waals surface area contributed by atoms with Crippen LogP contribution in [-0.2, 0) is 0 Å². The molecule has 1 aliphatic heterocycles. The minimum atomic E-state index is 0.0843. The zero-order valence-electron chi connectivity index (χ0n) is 16.7. The number of aromatic nitrogens is 2. The fourth-order valence-electron chi connectivity index (χ4n) is 3.92. The summed E-state index contributed by atoms with van der Waals surface area (Å²) in [7, 11) is 0. The van der Waals surface area contributed by atoms with E-state index < -0.39 is 0 Å². The SMILES string of the molecule is Cc1cccc(N2CCN(C(=O)c3c(C)nn(-c4ccccc4)c3C)CC2)c1. The molecule has 28 heavy (non-hydrogen) atoms. The summed E-state index contributed by atoms with van der Waals surface area (Å²) in [4.78, 5) is 17.5. The van der Waals surface area contributed by atoms with Gasteiger partial charge < -0.3 is 9.80 Å². The molecule has 3 aromatic rings. The Hall–Kier alpha value is -3.08. The van der Waals surface area contributed by atoms with Crippen LogP contribution in [-0.4, -0.2) is 46.8 Å². The van der Waals surface area contributed by atoms with Gasteiger partial charge in [0.15, 0.2) is 0 Å². The molecule has 0 aliphatic carbocycles. The first-order valence-electron chi connectivity index (χ1n) is 9.77. The molecule has 0 unspecified atom stereocenters. The van der Waals surface area contributed by atoms with E-state index in [0.29, 0.717) is 0 Å². The molecule has 144 valence electrons. The van der Waals surface area contributed by atoms with Crippen molar-refractivity contribution in [2.24, 2.45) is 0 Å². The molecule has 1 aromatic heterocycles. The minimum absolute atomic E-state index is 0.0843. The van der Waals surface area contributed by atoms with Crippen molar-refractivity contribution in [3.63, 3.8) is 0 Å². The van der Waals surface area contributed by atoms with Crippen LogP contribution < -0.4 is 4.90 Å². The highest BCUT2D eigenvalue weighted by molar-refractivity contribution is 5.96. The van der Waals surface area contributed by atoms with E-state index in [9.17, 15) is 4.79 Å². The van der Waals surface area contributed by atoms with Crippen molar-refractivity contribution >= 4 is 11.6 Å². The van der Waals surface area contributed by atoms with Gasteiger partial charge in [-0.3, -0.25) is 4.79 Å². The molecule has 0 spiro atoms. The third-order valence-corrected chi connectivity index (χ3v) is 5.44. The van der Waals surface area contributed by atoms with Crippen LogP contribution in [0.15, 0.2) is 54.6 Å². The Morgan fingerprint density at radius 2 is 1.54 bits per heavy atom. The number of aryl methyl sites for hydroxylation is 2. The molecule has 1 fully saturated rings. The molecular weight excluding hydrogens is 348 g/mol. The van der Waals surface area contributed by atoms with Crippen LogP contribution in [0.1, 0.15) is 27.3 Å². The molecule has 2 aromatic carbocycles. The predicted molar refractivity (Wildman–Crippen MR) is 112 cm³/mol. The van der Waals surface area contributed by atoms with Crippen molar-refractivity contribution in [3.8, 4) is 5.69 Å². The lowest BCUT2D eigenvalue weighted by Gasteiger charge is -2.36. The molecule has 4 rings (SSSR count). The molecular formula is C23H26N4O. The fraction of sp³-hybridized carbons (Fsp3) is 0.304. The third-order valence-electron chi connectivity index (χ3n) is 5.44. The van der Waals surface area contributed by atoms with Gasteiger partial charge in [0.1, 0.15) is 0 Å². The summed E-state index contributed by atoms with van der Waals surface area (Å²) in [5.41, 5.74) is 5.88. The van der Waals surface area contributed by atoms with Crippen LogP contribution in [0.25, 0.3) is 5.69 Å². The van der Waals surface area contributed by atoms with E-state index in [1.54, 1.807) is 0 Å². The minimum Gasteiger partial charge on any atom is -0.368 e. The smallest absolute Gasteiger partial charge is 0.257 e. The predicted octanol–water partition coefficient (Wildman–Crippen LogP) is 3.76. The van der Waals surface area contributed by atoms with Gasteiger partial charge in [0.25, 0.3) is 5.91 Å². The number of anilines is 1. The normalized spacial score (nSPS) is 14.4. The second kappa shape index (κ2) is 7.50.